The second-order valence-electron chi connectivity index (χ2n) is 5.45. The Bertz CT molecular complexity index is 580. The second kappa shape index (κ2) is 7.14. The fourth-order valence-electron chi connectivity index (χ4n) is 2.40. The second-order valence-corrected chi connectivity index (χ2v) is 5.45. The summed E-state index contributed by atoms with van der Waals surface area (Å²) in [6.45, 7) is 3.31. The van der Waals surface area contributed by atoms with Crippen LogP contribution in [0.15, 0.2) is 54.6 Å². The summed E-state index contributed by atoms with van der Waals surface area (Å²) in [6.07, 6.45) is 0. The Morgan fingerprint density at radius 3 is 2.33 bits per heavy atom. The molecular weight excluding hydrogens is 265 g/mol. The van der Waals surface area contributed by atoms with Crippen molar-refractivity contribution in [2.75, 3.05) is 13.6 Å². The van der Waals surface area contributed by atoms with Crippen molar-refractivity contribution < 1.29 is 9.18 Å². The highest BCUT2D eigenvalue weighted by Gasteiger charge is 2.16. The minimum atomic E-state index is -0.228. The topological polar surface area (TPSA) is 20.3 Å². The van der Waals surface area contributed by atoms with Gasteiger partial charge in [0, 0.05) is 24.6 Å². The summed E-state index contributed by atoms with van der Waals surface area (Å²) in [5, 5.41) is 0. The highest BCUT2D eigenvalue weighted by Crippen LogP contribution is 2.12. The van der Waals surface area contributed by atoms with E-state index < -0.39 is 0 Å². The van der Waals surface area contributed by atoms with Gasteiger partial charge in [0.25, 0.3) is 0 Å². The Morgan fingerprint density at radius 1 is 1.10 bits per heavy atom. The molecule has 0 aliphatic carbocycles. The van der Waals surface area contributed by atoms with E-state index in [4.69, 9.17) is 0 Å². The number of Topliss-reactive ketones (excluding diaryl/α,β-unsaturated/α-hetero) is 1. The minimum absolute atomic E-state index is 0.0714. The van der Waals surface area contributed by atoms with Gasteiger partial charge in [0.1, 0.15) is 5.82 Å². The number of carbonyl (C=O) groups excluding carboxylic acids is 1. The first-order chi connectivity index (χ1) is 10.1. The molecule has 0 aliphatic heterocycles. The van der Waals surface area contributed by atoms with E-state index in [1.165, 1.54) is 12.1 Å². The lowest BCUT2D eigenvalue weighted by Gasteiger charge is -2.20. The third-order valence-corrected chi connectivity index (χ3v) is 3.46. The number of ketones is 1. The number of hydrogen-bond acceptors (Lipinski definition) is 2. The van der Waals surface area contributed by atoms with E-state index in [0.29, 0.717) is 13.1 Å². The van der Waals surface area contributed by atoms with Gasteiger partial charge in [-0.15, -0.1) is 0 Å². The van der Waals surface area contributed by atoms with Crippen molar-refractivity contribution in [2.24, 2.45) is 5.92 Å². The molecule has 1 atom stereocenters. The molecular formula is C18H20FNO. The summed E-state index contributed by atoms with van der Waals surface area (Å²) in [4.78, 5) is 14.4. The van der Waals surface area contributed by atoms with Crippen LogP contribution in [0.25, 0.3) is 0 Å². The van der Waals surface area contributed by atoms with Gasteiger partial charge in [0.2, 0.25) is 0 Å². The van der Waals surface area contributed by atoms with Crippen LogP contribution in [0.3, 0.4) is 0 Å². The van der Waals surface area contributed by atoms with Crippen LogP contribution in [-0.2, 0) is 6.54 Å². The average molecular weight is 285 g/mol. The van der Waals surface area contributed by atoms with Crippen LogP contribution < -0.4 is 0 Å². The molecule has 3 heteroatoms. The van der Waals surface area contributed by atoms with Crippen molar-refractivity contribution >= 4 is 5.78 Å². The van der Waals surface area contributed by atoms with E-state index in [1.807, 2.05) is 44.3 Å². The molecule has 0 saturated heterocycles. The zero-order valence-electron chi connectivity index (χ0n) is 12.4. The summed E-state index contributed by atoms with van der Waals surface area (Å²) < 4.78 is 12.9. The normalized spacial score (nSPS) is 12.4. The molecule has 1 unspecified atom stereocenters. The molecule has 21 heavy (non-hydrogen) atoms. The molecule has 2 rings (SSSR count). The van der Waals surface area contributed by atoms with Crippen LogP contribution in [0, 0.1) is 11.7 Å². The summed E-state index contributed by atoms with van der Waals surface area (Å²) in [5.41, 5.74) is 1.79. The minimum Gasteiger partial charge on any atom is -0.301 e. The van der Waals surface area contributed by atoms with E-state index in [9.17, 15) is 9.18 Å². The number of nitrogens with zero attached hydrogens (tertiary/aromatic N) is 1. The smallest absolute Gasteiger partial charge is 0.166 e. The summed E-state index contributed by atoms with van der Waals surface area (Å²) in [6, 6.07) is 15.8. The van der Waals surface area contributed by atoms with Gasteiger partial charge >= 0.3 is 0 Å². The molecule has 0 saturated carbocycles. The maximum atomic E-state index is 12.9. The number of carbonyl (C=O) groups is 1. The highest BCUT2D eigenvalue weighted by atomic mass is 19.1. The van der Waals surface area contributed by atoms with Crippen LogP contribution in [0.2, 0.25) is 0 Å². The van der Waals surface area contributed by atoms with Crippen molar-refractivity contribution in [2.45, 2.75) is 13.5 Å². The van der Waals surface area contributed by atoms with Crippen LogP contribution in [0.1, 0.15) is 22.8 Å². The first-order valence-corrected chi connectivity index (χ1v) is 7.08. The van der Waals surface area contributed by atoms with Gasteiger partial charge in [0.05, 0.1) is 0 Å². The third kappa shape index (κ3) is 4.50. The lowest BCUT2D eigenvalue weighted by molar-refractivity contribution is 0.0901. The van der Waals surface area contributed by atoms with Crippen LogP contribution in [-0.4, -0.2) is 24.3 Å². The zero-order valence-corrected chi connectivity index (χ0v) is 12.4. The molecule has 0 heterocycles. The maximum absolute atomic E-state index is 12.9. The lowest BCUT2D eigenvalue weighted by atomic mass is 9.99. The average Bonchev–Trinajstić information content (AvgIpc) is 2.49. The predicted octanol–water partition coefficient (Wildman–Crippen LogP) is 3.78. The molecule has 0 amide bonds. The quantitative estimate of drug-likeness (QED) is 0.753. The van der Waals surface area contributed by atoms with Crippen molar-refractivity contribution in [1.82, 2.24) is 4.90 Å². The SMILES string of the molecule is CC(CN(C)Cc1ccc(F)cc1)C(=O)c1ccccc1. The molecule has 0 bridgehead atoms. The van der Waals surface area contributed by atoms with E-state index in [2.05, 4.69) is 4.90 Å². The standard InChI is InChI=1S/C18H20FNO/c1-14(18(21)16-6-4-3-5-7-16)12-20(2)13-15-8-10-17(19)11-9-15/h3-11,14H,12-13H2,1-2H3. The Kier molecular flexibility index (Phi) is 5.23. The predicted molar refractivity (Wildman–Crippen MR) is 82.7 cm³/mol. The Balaban J connectivity index is 1.91. The Labute approximate surface area is 125 Å². The van der Waals surface area contributed by atoms with Gasteiger partial charge in [-0.05, 0) is 24.7 Å². The molecule has 2 nitrogen and oxygen atoms in total. The first-order valence-electron chi connectivity index (χ1n) is 7.08. The number of hydrogen-bond donors (Lipinski definition) is 0. The fourth-order valence-corrected chi connectivity index (χ4v) is 2.40. The summed E-state index contributed by atoms with van der Waals surface area (Å²) in [7, 11) is 1.97. The molecule has 0 aromatic heterocycles. The Hall–Kier alpha value is -2.00. The van der Waals surface area contributed by atoms with Crippen molar-refractivity contribution in [3.63, 3.8) is 0 Å². The van der Waals surface area contributed by atoms with E-state index in [1.54, 1.807) is 12.1 Å². The Morgan fingerprint density at radius 2 is 1.71 bits per heavy atom. The van der Waals surface area contributed by atoms with Crippen molar-refractivity contribution in [3.05, 3.63) is 71.5 Å². The van der Waals surface area contributed by atoms with Gasteiger partial charge in [-0.25, -0.2) is 4.39 Å². The van der Waals surface area contributed by atoms with Gasteiger partial charge in [-0.1, -0.05) is 49.4 Å². The first kappa shape index (κ1) is 15.4. The number of benzene rings is 2. The van der Waals surface area contributed by atoms with Gasteiger partial charge in [0.15, 0.2) is 5.78 Å². The molecule has 0 fully saturated rings. The summed E-state index contributed by atoms with van der Waals surface area (Å²) >= 11 is 0. The van der Waals surface area contributed by atoms with Crippen LogP contribution in [0.5, 0.6) is 0 Å². The molecule has 2 aromatic carbocycles. The summed E-state index contributed by atoms with van der Waals surface area (Å²) in [5.74, 6) is -0.145. The number of rotatable bonds is 6. The van der Waals surface area contributed by atoms with E-state index in [0.717, 1.165) is 11.1 Å². The maximum Gasteiger partial charge on any atom is 0.166 e. The van der Waals surface area contributed by atoms with E-state index >= 15 is 0 Å². The molecule has 0 N–H and O–H groups in total. The molecule has 0 radical (unpaired) electrons. The van der Waals surface area contributed by atoms with Crippen molar-refractivity contribution in [1.29, 1.82) is 0 Å². The third-order valence-electron chi connectivity index (χ3n) is 3.46. The zero-order chi connectivity index (χ0) is 15.2. The monoisotopic (exact) mass is 285 g/mol. The van der Waals surface area contributed by atoms with Crippen LogP contribution >= 0.6 is 0 Å². The van der Waals surface area contributed by atoms with Crippen molar-refractivity contribution in [3.8, 4) is 0 Å². The largest absolute Gasteiger partial charge is 0.301 e. The highest BCUT2D eigenvalue weighted by molar-refractivity contribution is 5.97. The molecule has 2 aromatic rings. The molecule has 0 aliphatic rings. The molecule has 0 spiro atoms. The van der Waals surface area contributed by atoms with Gasteiger partial charge in [-0.2, -0.15) is 0 Å². The fraction of sp³-hybridized carbons (Fsp3) is 0.278. The van der Waals surface area contributed by atoms with Gasteiger partial charge in [-0.3, -0.25) is 4.79 Å². The molecule has 110 valence electrons. The van der Waals surface area contributed by atoms with E-state index in [-0.39, 0.29) is 17.5 Å². The lowest BCUT2D eigenvalue weighted by Crippen LogP contribution is -2.28. The van der Waals surface area contributed by atoms with Crippen LogP contribution in [0.4, 0.5) is 4.39 Å². The number of halogens is 1. The van der Waals surface area contributed by atoms with Gasteiger partial charge < -0.3 is 4.90 Å².